The summed E-state index contributed by atoms with van der Waals surface area (Å²) in [5.74, 6) is 0.170. The number of aromatic nitrogens is 1. The summed E-state index contributed by atoms with van der Waals surface area (Å²) in [4.78, 5) is 14.6. The quantitative estimate of drug-likeness (QED) is 0.561. The third-order valence-electron chi connectivity index (χ3n) is 2.71. The minimum Gasteiger partial charge on any atom is -0.508 e. The molecule has 3 rings (SSSR count). The van der Waals surface area contributed by atoms with E-state index in [-0.39, 0.29) is 11.3 Å². The lowest BCUT2D eigenvalue weighted by atomic mass is 10.1. The van der Waals surface area contributed by atoms with Crippen LogP contribution in [0.1, 0.15) is 0 Å². The summed E-state index contributed by atoms with van der Waals surface area (Å²) in [6, 6.07) is 12.3. The lowest BCUT2D eigenvalue weighted by Crippen LogP contribution is -2.05. The maximum atomic E-state index is 11.8. The van der Waals surface area contributed by atoms with Gasteiger partial charge in [0.05, 0.1) is 0 Å². The number of aromatic amines is 1. The fourth-order valence-electron chi connectivity index (χ4n) is 1.97. The molecule has 2 N–H and O–H groups in total. The number of phenolic OH excluding ortho intramolecular Hbond substituents is 1. The minimum atomic E-state index is -0.131. The SMILES string of the molecule is O=c1[nH]c2ccccc2c2cc(O)ccc12. The van der Waals surface area contributed by atoms with Gasteiger partial charge in [0, 0.05) is 21.7 Å². The normalized spacial score (nSPS) is 11.0. The van der Waals surface area contributed by atoms with E-state index < -0.39 is 0 Å². The lowest BCUT2D eigenvalue weighted by molar-refractivity contribution is 0.476. The zero-order chi connectivity index (χ0) is 11.1. The molecule has 1 heterocycles. The van der Waals surface area contributed by atoms with Gasteiger partial charge in [-0.3, -0.25) is 4.79 Å². The summed E-state index contributed by atoms with van der Waals surface area (Å²) in [5, 5.41) is 11.8. The number of pyridine rings is 1. The summed E-state index contributed by atoms with van der Waals surface area (Å²) < 4.78 is 0. The van der Waals surface area contributed by atoms with Gasteiger partial charge >= 0.3 is 0 Å². The van der Waals surface area contributed by atoms with E-state index in [1.54, 1.807) is 12.1 Å². The van der Waals surface area contributed by atoms with Gasteiger partial charge in [0.25, 0.3) is 5.56 Å². The number of hydrogen-bond donors (Lipinski definition) is 2. The predicted octanol–water partition coefficient (Wildman–Crippen LogP) is 2.39. The van der Waals surface area contributed by atoms with Crippen LogP contribution in [-0.2, 0) is 0 Å². The molecule has 0 fully saturated rings. The first-order valence-electron chi connectivity index (χ1n) is 4.99. The molecule has 0 amide bonds. The second-order valence-corrected chi connectivity index (χ2v) is 3.73. The number of aromatic hydroxyl groups is 1. The van der Waals surface area contributed by atoms with Crippen molar-refractivity contribution in [1.29, 1.82) is 0 Å². The molecule has 0 aliphatic heterocycles. The van der Waals surface area contributed by atoms with Crippen LogP contribution in [0.4, 0.5) is 0 Å². The number of benzene rings is 2. The van der Waals surface area contributed by atoms with Gasteiger partial charge in [0.15, 0.2) is 0 Å². The van der Waals surface area contributed by atoms with Crippen LogP contribution < -0.4 is 5.56 Å². The molecule has 16 heavy (non-hydrogen) atoms. The van der Waals surface area contributed by atoms with Gasteiger partial charge in [-0.05, 0) is 24.3 Å². The predicted molar refractivity (Wildman–Crippen MR) is 63.7 cm³/mol. The molecule has 0 bridgehead atoms. The molecule has 1 aromatic heterocycles. The molecule has 0 saturated heterocycles. The van der Waals surface area contributed by atoms with Crippen LogP contribution >= 0.6 is 0 Å². The van der Waals surface area contributed by atoms with Crippen LogP contribution in [-0.4, -0.2) is 10.1 Å². The van der Waals surface area contributed by atoms with Crippen molar-refractivity contribution in [2.75, 3.05) is 0 Å². The van der Waals surface area contributed by atoms with Gasteiger partial charge in [0.2, 0.25) is 0 Å². The number of para-hydroxylation sites is 1. The van der Waals surface area contributed by atoms with Crippen molar-refractivity contribution in [3.8, 4) is 5.75 Å². The standard InChI is InChI=1S/C13H9NO2/c15-8-5-6-10-11(7-8)9-3-1-2-4-12(9)14-13(10)16/h1-7,15H,(H,14,16). The number of nitrogens with one attached hydrogen (secondary N) is 1. The van der Waals surface area contributed by atoms with E-state index in [1.807, 2.05) is 24.3 Å². The maximum Gasteiger partial charge on any atom is 0.256 e. The molecular formula is C13H9NO2. The highest BCUT2D eigenvalue weighted by Crippen LogP contribution is 2.24. The van der Waals surface area contributed by atoms with E-state index in [1.165, 1.54) is 6.07 Å². The molecule has 3 aromatic rings. The van der Waals surface area contributed by atoms with Gasteiger partial charge in [-0.25, -0.2) is 0 Å². The molecular weight excluding hydrogens is 202 g/mol. The topological polar surface area (TPSA) is 53.1 Å². The minimum absolute atomic E-state index is 0.131. The van der Waals surface area contributed by atoms with Crippen LogP contribution in [0.15, 0.2) is 47.3 Å². The van der Waals surface area contributed by atoms with Crippen LogP contribution in [0.3, 0.4) is 0 Å². The smallest absolute Gasteiger partial charge is 0.256 e. The summed E-state index contributed by atoms with van der Waals surface area (Å²) >= 11 is 0. The first kappa shape index (κ1) is 8.97. The van der Waals surface area contributed by atoms with E-state index in [0.29, 0.717) is 5.39 Å². The largest absolute Gasteiger partial charge is 0.508 e. The Bertz CT molecular complexity index is 744. The molecule has 3 nitrogen and oxygen atoms in total. The molecule has 2 aromatic carbocycles. The highest BCUT2D eigenvalue weighted by Gasteiger charge is 2.04. The van der Waals surface area contributed by atoms with Crippen LogP contribution in [0, 0.1) is 0 Å². The zero-order valence-electron chi connectivity index (χ0n) is 8.40. The van der Waals surface area contributed by atoms with Gasteiger partial charge in [-0.1, -0.05) is 18.2 Å². The Balaban J connectivity index is 2.67. The third-order valence-corrected chi connectivity index (χ3v) is 2.71. The van der Waals surface area contributed by atoms with Crippen LogP contribution in [0.5, 0.6) is 5.75 Å². The highest BCUT2D eigenvalue weighted by atomic mass is 16.3. The first-order valence-corrected chi connectivity index (χ1v) is 4.99. The van der Waals surface area contributed by atoms with E-state index in [2.05, 4.69) is 4.98 Å². The van der Waals surface area contributed by atoms with E-state index in [4.69, 9.17) is 0 Å². The highest BCUT2D eigenvalue weighted by molar-refractivity contribution is 6.05. The molecule has 0 aliphatic rings. The second kappa shape index (κ2) is 3.10. The number of phenols is 1. The van der Waals surface area contributed by atoms with Crippen molar-refractivity contribution >= 4 is 21.7 Å². The third kappa shape index (κ3) is 1.18. The lowest BCUT2D eigenvalue weighted by Gasteiger charge is -2.03. The summed E-state index contributed by atoms with van der Waals surface area (Å²) in [6.45, 7) is 0. The van der Waals surface area contributed by atoms with Crippen molar-refractivity contribution in [3.05, 3.63) is 52.8 Å². The number of rotatable bonds is 0. The number of fused-ring (bicyclic) bond motifs is 3. The Morgan fingerprint density at radius 3 is 2.62 bits per heavy atom. The van der Waals surface area contributed by atoms with Crippen molar-refractivity contribution in [3.63, 3.8) is 0 Å². The zero-order valence-corrected chi connectivity index (χ0v) is 8.40. The molecule has 0 aliphatic carbocycles. The first-order chi connectivity index (χ1) is 7.75. The van der Waals surface area contributed by atoms with Gasteiger partial charge < -0.3 is 10.1 Å². The van der Waals surface area contributed by atoms with Crippen LogP contribution in [0.25, 0.3) is 21.7 Å². The monoisotopic (exact) mass is 211 g/mol. The molecule has 0 saturated carbocycles. The molecule has 3 heteroatoms. The second-order valence-electron chi connectivity index (χ2n) is 3.73. The molecule has 0 radical (unpaired) electrons. The van der Waals surface area contributed by atoms with E-state index >= 15 is 0 Å². The fraction of sp³-hybridized carbons (Fsp3) is 0. The number of hydrogen-bond acceptors (Lipinski definition) is 2. The van der Waals surface area contributed by atoms with Gasteiger partial charge in [0.1, 0.15) is 5.75 Å². The van der Waals surface area contributed by atoms with Crippen molar-refractivity contribution < 1.29 is 5.11 Å². The number of H-pyrrole nitrogens is 1. The van der Waals surface area contributed by atoms with Crippen molar-refractivity contribution in [1.82, 2.24) is 4.98 Å². The maximum absolute atomic E-state index is 11.8. The molecule has 0 spiro atoms. The van der Waals surface area contributed by atoms with Gasteiger partial charge in [-0.2, -0.15) is 0 Å². The van der Waals surface area contributed by atoms with Gasteiger partial charge in [-0.15, -0.1) is 0 Å². The Morgan fingerprint density at radius 1 is 0.938 bits per heavy atom. The van der Waals surface area contributed by atoms with E-state index in [0.717, 1.165) is 16.3 Å². The Kier molecular flexibility index (Phi) is 1.74. The summed E-state index contributed by atoms with van der Waals surface area (Å²) in [6.07, 6.45) is 0. The molecule has 78 valence electrons. The van der Waals surface area contributed by atoms with Crippen LogP contribution in [0.2, 0.25) is 0 Å². The summed E-state index contributed by atoms with van der Waals surface area (Å²) in [5.41, 5.74) is 0.652. The average molecular weight is 211 g/mol. The molecule has 0 unspecified atom stereocenters. The molecule has 0 atom stereocenters. The van der Waals surface area contributed by atoms with E-state index in [9.17, 15) is 9.90 Å². The van der Waals surface area contributed by atoms with Crippen molar-refractivity contribution in [2.24, 2.45) is 0 Å². The van der Waals surface area contributed by atoms with Crippen molar-refractivity contribution in [2.45, 2.75) is 0 Å². The average Bonchev–Trinajstić information content (AvgIpc) is 2.29. The Morgan fingerprint density at radius 2 is 1.75 bits per heavy atom. The Labute approximate surface area is 91.0 Å². The Hall–Kier alpha value is -2.29. The fourth-order valence-corrected chi connectivity index (χ4v) is 1.97. The summed E-state index contributed by atoms with van der Waals surface area (Å²) in [7, 11) is 0.